The highest BCUT2D eigenvalue weighted by molar-refractivity contribution is 5.90. The molecule has 16 nitrogen and oxygen atoms in total. The van der Waals surface area contributed by atoms with Gasteiger partial charge in [0.25, 0.3) is 0 Å². The van der Waals surface area contributed by atoms with Crippen LogP contribution in [0.3, 0.4) is 0 Å². The maximum atomic E-state index is 13.0. The Morgan fingerprint density at radius 3 is 1.86 bits per heavy atom. The van der Waals surface area contributed by atoms with Crippen molar-refractivity contribution >= 4 is 57.8 Å². The lowest BCUT2D eigenvalue weighted by atomic mass is 10.0. The summed E-state index contributed by atoms with van der Waals surface area (Å²) in [5, 5.41) is 55.3. The standard InChI is InChI=1S/C34H33N3O13/c1-19-3-8-25(36(15-30(39)40)16-31(41)42)28(11-19)48-9-10-49-29-13-22-12-24(21-4-6-23(7-5-21)35-20(2)38)34(47)50-27(22)14-26(29)37(17-32(43)44)18-33(45)46/h3-8,11-14H,9-10,15-18H2,1-2H3,(H,35,38)(H,39,40)(H,41,42)(H,43,44)(H,45,46)/p-4. The fourth-order valence-electron chi connectivity index (χ4n) is 4.98. The molecular weight excluding hydrogens is 658 g/mol. The highest BCUT2D eigenvalue weighted by Crippen LogP contribution is 2.35. The maximum Gasteiger partial charge on any atom is 0.344 e. The normalized spacial score (nSPS) is 11.2. The Kier molecular flexibility index (Phi) is 11.6. The topological polar surface area (TPSA) is 248 Å². The van der Waals surface area contributed by atoms with Crippen molar-refractivity contribution in [1.29, 1.82) is 0 Å². The van der Waals surface area contributed by atoms with Crippen LogP contribution in [0.5, 0.6) is 11.5 Å². The second-order valence-corrected chi connectivity index (χ2v) is 10.9. The van der Waals surface area contributed by atoms with Crippen molar-refractivity contribution in [2.75, 3.05) is 49.2 Å². The van der Waals surface area contributed by atoms with Crippen molar-refractivity contribution in [2.45, 2.75) is 13.8 Å². The summed E-state index contributed by atoms with van der Waals surface area (Å²) >= 11 is 0. The Morgan fingerprint density at radius 2 is 1.32 bits per heavy atom. The van der Waals surface area contributed by atoms with Gasteiger partial charge in [0.05, 0.1) is 60.2 Å². The third-order valence-electron chi connectivity index (χ3n) is 6.96. The van der Waals surface area contributed by atoms with Gasteiger partial charge in [0.1, 0.15) is 36.8 Å². The number of carbonyl (C=O) groups is 4. The zero-order chi connectivity index (χ0) is 36.5. The minimum Gasteiger partial charge on any atom is -0.862 e. The molecule has 0 aliphatic carbocycles. The molecule has 0 spiro atoms. The Hall–Kier alpha value is -6.58. The number of aliphatic imine (C=N–C) groups is 1. The third-order valence-corrected chi connectivity index (χ3v) is 6.96. The van der Waals surface area contributed by atoms with Gasteiger partial charge < -0.3 is 63.6 Å². The van der Waals surface area contributed by atoms with Crippen molar-refractivity contribution in [3.8, 4) is 22.6 Å². The number of hydrogen-bond donors (Lipinski definition) is 1. The number of carbonyl (C=O) groups excluding carboxylic acids is 3. The zero-order valence-electron chi connectivity index (χ0n) is 26.7. The number of anilines is 2. The van der Waals surface area contributed by atoms with Gasteiger partial charge in [-0.3, -0.25) is 9.79 Å². The monoisotopic (exact) mass is 687 g/mol. The summed E-state index contributed by atoms with van der Waals surface area (Å²) in [7, 11) is 0. The van der Waals surface area contributed by atoms with E-state index in [9.17, 15) is 49.5 Å². The molecule has 262 valence electrons. The zero-order valence-corrected chi connectivity index (χ0v) is 26.7. The molecule has 1 heterocycles. The molecule has 0 aliphatic rings. The lowest BCUT2D eigenvalue weighted by Gasteiger charge is -2.28. The largest absolute Gasteiger partial charge is 0.862 e. The second-order valence-electron chi connectivity index (χ2n) is 10.9. The van der Waals surface area contributed by atoms with E-state index in [4.69, 9.17) is 13.9 Å². The number of benzene rings is 3. The fraction of sp³-hybridized carbons (Fsp3) is 0.235. The molecule has 4 aromatic rings. The fourth-order valence-corrected chi connectivity index (χ4v) is 4.98. The molecule has 0 aliphatic heterocycles. The molecule has 0 saturated carbocycles. The van der Waals surface area contributed by atoms with Gasteiger partial charge in [0.2, 0.25) is 0 Å². The maximum absolute atomic E-state index is 13.0. The SMILES string of the molecule is CC([O-])=Nc1ccc(-c2cc3cc(OCCOc4cc(C)ccc4N(CC(=O)[O-])CC(=O)[O-])c(N(CC(=O)[O-])CC(=O)O)cc3oc2=O)cc1. The molecular formula is C34H29N3O13-4. The van der Waals surface area contributed by atoms with Gasteiger partial charge in [0, 0.05) is 11.5 Å². The first-order valence-corrected chi connectivity index (χ1v) is 14.8. The van der Waals surface area contributed by atoms with E-state index in [0.29, 0.717) is 22.2 Å². The van der Waals surface area contributed by atoms with Gasteiger partial charge in [-0.2, -0.15) is 0 Å². The van der Waals surface area contributed by atoms with Gasteiger partial charge in [-0.15, -0.1) is 0 Å². The number of aliphatic carboxylic acids is 4. The molecule has 0 unspecified atom stereocenters. The van der Waals surface area contributed by atoms with E-state index in [0.717, 1.165) is 9.80 Å². The van der Waals surface area contributed by atoms with Crippen molar-refractivity contribution in [3.63, 3.8) is 0 Å². The molecule has 1 N–H and O–H groups in total. The number of rotatable bonds is 17. The van der Waals surface area contributed by atoms with Gasteiger partial charge in [-0.1, -0.05) is 18.2 Å². The Morgan fingerprint density at radius 1 is 0.760 bits per heavy atom. The van der Waals surface area contributed by atoms with Crippen molar-refractivity contribution in [1.82, 2.24) is 0 Å². The average molecular weight is 688 g/mol. The average Bonchev–Trinajstić information content (AvgIpc) is 3.01. The number of fused-ring (bicyclic) bond motifs is 1. The summed E-state index contributed by atoms with van der Waals surface area (Å²) < 4.78 is 17.3. The predicted molar refractivity (Wildman–Crippen MR) is 170 cm³/mol. The van der Waals surface area contributed by atoms with E-state index in [1.165, 1.54) is 43.3 Å². The van der Waals surface area contributed by atoms with Crippen LogP contribution >= 0.6 is 0 Å². The molecule has 0 bridgehead atoms. The summed E-state index contributed by atoms with van der Waals surface area (Å²) in [4.78, 5) is 64.5. The Balaban J connectivity index is 1.69. The van der Waals surface area contributed by atoms with Crippen LogP contribution in [0.1, 0.15) is 12.5 Å². The van der Waals surface area contributed by atoms with E-state index in [1.807, 2.05) is 0 Å². The van der Waals surface area contributed by atoms with Crippen LogP contribution in [0, 0.1) is 6.92 Å². The molecule has 3 aromatic carbocycles. The number of carboxylic acid groups (broad SMARTS) is 4. The molecule has 50 heavy (non-hydrogen) atoms. The van der Waals surface area contributed by atoms with Gasteiger partial charge in [-0.25, -0.2) is 4.79 Å². The van der Waals surface area contributed by atoms with Crippen LogP contribution in [-0.2, 0) is 19.2 Å². The van der Waals surface area contributed by atoms with E-state index in [2.05, 4.69) is 4.99 Å². The first-order valence-electron chi connectivity index (χ1n) is 14.8. The molecule has 16 heteroatoms. The van der Waals surface area contributed by atoms with Gasteiger partial charge in [0.15, 0.2) is 0 Å². The van der Waals surface area contributed by atoms with Gasteiger partial charge in [-0.05, 0) is 67.3 Å². The molecule has 0 saturated heterocycles. The number of hydrogen-bond acceptors (Lipinski definition) is 15. The summed E-state index contributed by atoms with van der Waals surface area (Å²) in [6.07, 6.45) is 0. The number of aryl methyl sites for hydroxylation is 1. The van der Waals surface area contributed by atoms with Crippen molar-refractivity contribution in [3.05, 3.63) is 76.6 Å². The summed E-state index contributed by atoms with van der Waals surface area (Å²) in [6, 6.07) is 15.0. The number of ether oxygens (including phenoxy) is 2. The van der Waals surface area contributed by atoms with Gasteiger partial charge >= 0.3 is 11.6 Å². The number of carboxylic acids is 4. The Labute approximate surface area is 283 Å². The van der Waals surface area contributed by atoms with Crippen LogP contribution in [0.2, 0.25) is 0 Å². The smallest absolute Gasteiger partial charge is 0.344 e. The predicted octanol–water partition coefficient (Wildman–Crippen LogP) is -1.42. The quantitative estimate of drug-likeness (QED) is 0.0579. The van der Waals surface area contributed by atoms with Crippen molar-refractivity contribution < 1.29 is 58.6 Å². The third kappa shape index (κ3) is 9.72. The van der Waals surface area contributed by atoms with Crippen LogP contribution < -0.4 is 45.3 Å². The first-order chi connectivity index (χ1) is 23.7. The van der Waals surface area contributed by atoms with Crippen LogP contribution in [0.15, 0.2) is 74.9 Å². The van der Waals surface area contributed by atoms with E-state index in [-0.39, 0.29) is 47.2 Å². The summed E-state index contributed by atoms with van der Waals surface area (Å²) in [5.74, 6) is -6.34. The molecule has 0 fully saturated rings. The molecule has 4 rings (SSSR count). The van der Waals surface area contributed by atoms with Crippen LogP contribution in [0.25, 0.3) is 22.1 Å². The molecule has 1 aromatic heterocycles. The molecule has 0 atom stereocenters. The lowest BCUT2D eigenvalue weighted by Crippen LogP contribution is -2.44. The van der Waals surface area contributed by atoms with Crippen LogP contribution in [-0.4, -0.2) is 74.3 Å². The first kappa shape index (κ1) is 36.3. The van der Waals surface area contributed by atoms with Crippen LogP contribution in [0.4, 0.5) is 17.1 Å². The molecule has 0 radical (unpaired) electrons. The Bertz CT molecular complexity index is 1970. The van der Waals surface area contributed by atoms with E-state index >= 15 is 0 Å². The highest BCUT2D eigenvalue weighted by Gasteiger charge is 2.20. The minimum absolute atomic E-state index is 0.0142. The second kappa shape index (κ2) is 16.0. The minimum atomic E-state index is -1.60. The lowest BCUT2D eigenvalue weighted by molar-refractivity contribution is -0.306. The summed E-state index contributed by atoms with van der Waals surface area (Å²) in [5.41, 5.74) is 0.955. The van der Waals surface area contributed by atoms with E-state index in [1.54, 1.807) is 31.2 Å². The molecule has 0 amide bonds. The highest BCUT2D eigenvalue weighted by atomic mass is 16.5. The summed E-state index contributed by atoms with van der Waals surface area (Å²) in [6.45, 7) is -0.585. The van der Waals surface area contributed by atoms with Crippen molar-refractivity contribution in [2.24, 2.45) is 4.99 Å². The van der Waals surface area contributed by atoms with E-state index < -0.39 is 61.6 Å². The number of nitrogens with zero attached hydrogens (tertiary/aromatic N) is 3.